The lowest BCUT2D eigenvalue weighted by Crippen LogP contribution is -2.35. The molecule has 3 nitrogen and oxygen atoms in total. The summed E-state index contributed by atoms with van der Waals surface area (Å²) in [5.41, 5.74) is 0. The quantitative estimate of drug-likeness (QED) is 0.524. The van der Waals surface area contributed by atoms with E-state index in [9.17, 15) is 0 Å². The first-order valence-corrected chi connectivity index (χ1v) is 6.73. The summed E-state index contributed by atoms with van der Waals surface area (Å²) in [5.74, 6) is 0. The molecule has 1 atom stereocenters. The van der Waals surface area contributed by atoms with E-state index in [1.165, 1.54) is 6.42 Å². The Kier molecular flexibility index (Phi) is 12.9. The maximum Gasteiger partial charge on any atom is 0.0620 e. The monoisotopic (exact) mass is 231 g/mol. The lowest BCUT2D eigenvalue weighted by molar-refractivity contribution is 0.0831. The van der Waals surface area contributed by atoms with Crippen LogP contribution < -0.4 is 5.32 Å². The van der Waals surface area contributed by atoms with Gasteiger partial charge in [-0.25, -0.2) is 0 Å². The second-order valence-electron chi connectivity index (χ2n) is 4.13. The Hall–Kier alpha value is -0.120. The zero-order chi connectivity index (χ0) is 12.1. The van der Waals surface area contributed by atoms with Crippen molar-refractivity contribution in [3.63, 3.8) is 0 Å². The molecule has 0 saturated heterocycles. The van der Waals surface area contributed by atoms with E-state index in [1.807, 2.05) is 0 Å². The lowest BCUT2D eigenvalue weighted by Gasteiger charge is -2.18. The molecule has 0 aliphatic carbocycles. The van der Waals surface area contributed by atoms with Crippen molar-refractivity contribution in [2.75, 3.05) is 33.0 Å². The molecule has 0 saturated carbocycles. The van der Waals surface area contributed by atoms with Crippen molar-refractivity contribution in [1.82, 2.24) is 5.32 Å². The second-order valence-corrected chi connectivity index (χ2v) is 4.13. The van der Waals surface area contributed by atoms with Gasteiger partial charge in [-0.3, -0.25) is 0 Å². The molecule has 0 aromatic rings. The molecule has 0 fully saturated rings. The summed E-state index contributed by atoms with van der Waals surface area (Å²) in [6.45, 7) is 10.9. The highest BCUT2D eigenvalue weighted by atomic mass is 16.5. The summed E-state index contributed by atoms with van der Waals surface area (Å²) in [6.07, 6.45) is 4.40. The number of hydrogen-bond acceptors (Lipinski definition) is 3. The standard InChI is InChI=1S/C13H29NO2/c1-4-8-14-13(12-16-10-6-3)7-11-15-9-5-2/h13-14H,4-12H2,1-3H3. The van der Waals surface area contributed by atoms with Crippen molar-refractivity contribution in [2.24, 2.45) is 0 Å². The molecule has 98 valence electrons. The topological polar surface area (TPSA) is 30.5 Å². The highest BCUT2D eigenvalue weighted by Gasteiger charge is 2.07. The number of ether oxygens (including phenoxy) is 2. The highest BCUT2D eigenvalue weighted by molar-refractivity contribution is 4.65. The predicted molar refractivity (Wildman–Crippen MR) is 68.9 cm³/mol. The summed E-state index contributed by atoms with van der Waals surface area (Å²) < 4.78 is 11.1. The average Bonchev–Trinajstić information content (AvgIpc) is 2.31. The van der Waals surface area contributed by atoms with E-state index in [0.717, 1.165) is 52.2 Å². The molecule has 0 amide bonds. The fourth-order valence-electron chi connectivity index (χ4n) is 1.43. The van der Waals surface area contributed by atoms with Gasteiger partial charge < -0.3 is 14.8 Å². The van der Waals surface area contributed by atoms with Crippen LogP contribution in [-0.2, 0) is 9.47 Å². The van der Waals surface area contributed by atoms with Crippen LogP contribution in [0, 0.1) is 0 Å². The van der Waals surface area contributed by atoms with Gasteiger partial charge in [0.05, 0.1) is 6.61 Å². The van der Waals surface area contributed by atoms with Crippen LogP contribution in [-0.4, -0.2) is 39.0 Å². The second kappa shape index (κ2) is 12.9. The van der Waals surface area contributed by atoms with Crippen molar-refractivity contribution in [2.45, 2.75) is 52.5 Å². The van der Waals surface area contributed by atoms with E-state index in [4.69, 9.17) is 9.47 Å². The summed E-state index contributed by atoms with van der Waals surface area (Å²) >= 11 is 0. The summed E-state index contributed by atoms with van der Waals surface area (Å²) in [5, 5.41) is 3.50. The molecule has 16 heavy (non-hydrogen) atoms. The Balaban J connectivity index is 3.54. The Bertz CT molecular complexity index is 131. The zero-order valence-corrected chi connectivity index (χ0v) is 11.3. The van der Waals surface area contributed by atoms with Crippen molar-refractivity contribution in [1.29, 1.82) is 0 Å². The van der Waals surface area contributed by atoms with Crippen LogP contribution in [0.4, 0.5) is 0 Å². The third kappa shape index (κ3) is 10.4. The number of hydrogen-bond donors (Lipinski definition) is 1. The van der Waals surface area contributed by atoms with Gasteiger partial charge in [0, 0.05) is 25.9 Å². The smallest absolute Gasteiger partial charge is 0.0620 e. The average molecular weight is 231 g/mol. The van der Waals surface area contributed by atoms with Gasteiger partial charge in [-0.1, -0.05) is 20.8 Å². The molecule has 0 radical (unpaired) electrons. The van der Waals surface area contributed by atoms with Gasteiger partial charge in [0.1, 0.15) is 0 Å². The molecular formula is C13H29NO2. The Morgan fingerprint density at radius 1 is 0.875 bits per heavy atom. The van der Waals surface area contributed by atoms with Crippen LogP contribution in [0.15, 0.2) is 0 Å². The first kappa shape index (κ1) is 15.9. The van der Waals surface area contributed by atoms with Gasteiger partial charge in [-0.15, -0.1) is 0 Å². The largest absolute Gasteiger partial charge is 0.381 e. The Labute approximate surface area is 101 Å². The number of rotatable bonds is 12. The van der Waals surface area contributed by atoms with Gasteiger partial charge in [-0.05, 0) is 32.2 Å². The molecule has 0 aromatic carbocycles. The van der Waals surface area contributed by atoms with Gasteiger partial charge in [0.15, 0.2) is 0 Å². The van der Waals surface area contributed by atoms with Gasteiger partial charge in [-0.2, -0.15) is 0 Å². The minimum atomic E-state index is 0.448. The van der Waals surface area contributed by atoms with E-state index < -0.39 is 0 Å². The molecule has 0 aromatic heterocycles. The van der Waals surface area contributed by atoms with E-state index in [1.54, 1.807) is 0 Å². The molecule has 0 heterocycles. The third-order valence-corrected chi connectivity index (χ3v) is 2.31. The normalized spacial score (nSPS) is 12.9. The highest BCUT2D eigenvalue weighted by Crippen LogP contribution is 1.96. The summed E-state index contributed by atoms with van der Waals surface area (Å²) in [4.78, 5) is 0. The minimum absolute atomic E-state index is 0.448. The Morgan fingerprint density at radius 2 is 1.56 bits per heavy atom. The van der Waals surface area contributed by atoms with E-state index in [2.05, 4.69) is 26.1 Å². The van der Waals surface area contributed by atoms with E-state index >= 15 is 0 Å². The third-order valence-electron chi connectivity index (χ3n) is 2.31. The Morgan fingerprint density at radius 3 is 2.19 bits per heavy atom. The molecule has 1 unspecified atom stereocenters. The molecule has 0 spiro atoms. The van der Waals surface area contributed by atoms with Gasteiger partial charge in [0.25, 0.3) is 0 Å². The maximum atomic E-state index is 5.58. The van der Waals surface area contributed by atoms with Crippen LogP contribution in [0.1, 0.15) is 46.5 Å². The van der Waals surface area contributed by atoms with E-state index in [0.29, 0.717) is 6.04 Å². The fraction of sp³-hybridized carbons (Fsp3) is 1.00. The van der Waals surface area contributed by atoms with Crippen molar-refractivity contribution >= 4 is 0 Å². The maximum absolute atomic E-state index is 5.58. The van der Waals surface area contributed by atoms with Gasteiger partial charge >= 0.3 is 0 Å². The molecule has 1 N–H and O–H groups in total. The van der Waals surface area contributed by atoms with Crippen LogP contribution in [0.5, 0.6) is 0 Å². The zero-order valence-electron chi connectivity index (χ0n) is 11.3. The summed E-state index contributed by atoms with van der Waals surface area (Å²) in [7, 11) is 0. The van der Waals surface area contributed by atoms with Crippen LogP contribution >= 0.6 is 0 Å². The lowest BCUT2D eigenvalue weighted by atomic mass is 10.2. The SMILES string of the molecule is CCCNC(CCOCCC)COCCC. The van der Waals surface area contributed by atoms with Crippen LogP contribution in [0.2, 0.25) is 0 Å². The molecule has 0 rings (SSSR count). The van der Waals surface area contributed by atoms with Gasteiger partial charge in [0.2, 0.25) is 0 Å². The molecule has 3 heteroatoms. The minimum Gasteiger partial charge on any atom is -0.381 e. The fourth-order valence-corrected chi connectivity index (χ4v) is 1.43. The van der Waals surface area contributed by atoms with Crippen LogP contribution in [0.3, 0.4) is 0 Å². The van der Waals surface area contributed by atoms with Crippen molar-refractivity contribution in [3.05, 3.63) is 0 Å². The van der Waals surface area contributed by atoms with Crippen molar-refractivity contribution in [3.8, 4) is 0 Å². The number of nitrogens with one attached hydrogen (secondary N) is 1. The first-order chi connectivity index (χ1) is 7.85. The molecular weight excluding hydrogens is 202 g/mol. The van der Waals surface area contributed by atoms with Crippen LogP contribution in [0.25, 0.3) is 0 Å². The molecule has 0 aliphatic heterocycles. The first-order valence-electron chi connectivity index (χ1n) is 6.73. The predicted octanol–water partition coefficient (Wildman–Crippen LogP) is 2.60. The van der Waals surface area contributed by atoms with Crippen molar-refractivity contribution < 1.29 is 9.47 Å². The summed E-state index contributed by atoms with van der Waals surface area (Å²) in [6, 6.07) is 0.448. The van der Waals surface area contributed by atoms with E-state index in [-0.39, 0.29) is 0 Å². The molecule has 0 bridgehead atoms. The molecule has 0 aliphatic rings.